The van der Waals surface area contributed by atoms with E-state index in [4.69, 9.17) is 20.8 Å². The van der Waals surface area contributed by atoms with Crippen LogP contribution in [0, 0.1) is 0 Å². The van der Waals surface area contributed by atoms with Crippen LogP contribution in [-0.4, -0.2) is 23.7 Å². The summed E-state index contributed by atoms with van der Waals surface area (Å²) in [4.78, 5) is 13.1. The van der Waals surface area contributed by atoms with Crippen molar-refractivity contribution < 1.29 is 13.9 Å². The summed E-state index contributed by atoms with van der Waals surface area (Å²) < 4.78 is 10.9. The number of furan rings is 1. The zero-order valence-electron chi connectivity index (χ0n) is 14.6. The minimum Gasteiger partial charge on any atom is -0.497 e. The molecule has 0 spiro atoms. The lowest BCUT2D eigenvalue weighted by atomic mass is 10.0. The smallest absolute Gasteiger partial charge is 0.276 e. The van der Waals surface area contributed by atoms with Crippen LogP contribution < -0.4 is 4.74 Å². The van der Waals surface area contributed by atoms with E-state index in [2.05, 4.69) is 5.10 Å². The lowest BCUT2D eigenvalue weighted by Gasteiger charge is -2.20. The van der Waals surface area contributed by atoms with E-state index >= 15 is 0 Å². The first kappa shape index (κ1) is 17.4. The van der Waals surface area contributed by atoms with Crippen LogP contribution in [0.4, 0.5) is 0 Å². The molecule has 1 unspecified atom stereocenters. The van der Waals surface area contributed by atoms with E-state index in [1.807, 2.05) is 30.3 Å². The molecule has 0 bridgehead atoms. The van der Waals surface area contributed by atoms with Crippen molar-refractivity contribution in [3.8, 4) is 5.75 Å². The molecule has 5 nitrogen and oxygen atoms in total. The Balaban J connectivity index is 1.74. The fraction of sp³-hybridized carbons (Fsp3) is 0.143. The minimum atomic E-state index is -0.329. The first-order chi connectivity index (χ1) is 13.2. The number of nitrogens with zero attached hydrogens (tertiary/aromatic N) is 2. The van der Waals surface area contributed by atoms with Crippen LogP contribution >= 0.6 is 11.6 Å². The van der Waals surface area contributed by atoms with Crippen LogP contribution in [0.3, 0.4) is 0 Å². The van der Waals surface area contributed by atoms with Crippen LogP contribution in [0.25, 0.3) is 0 Å². The van der Waals surface area contributed by atoms with Gasteiger partial charge in [0.2, 0.25) is 0 Å². The van der Waals surface area contributed by atoms with Crippen LogP contribution in [0.1, 0.15) is 34.1 Å². The van der Waals surface area contributed by atoms with E-state index < -0.39 is 0 Å². The Hall–Kier alpha value is -3.05. The third-order valence-corrected chi connectivity index (χ3v) is 4.83. The van der Waals surface area contributed by atoms with Crippen molar-refractivity contribution in [1.29, 1.82) is 0 Å². The quantitative estimate of drug-likeness (QED) is 0.644. The van der Waals surface area contributed by atoms with Gasteiger partial charge in [-0.1, -0.05) is 35.9 Å². The Bertz CT molecular complexity index is 998. The molecule has 0 radical (unpaired) electrons. The minimum absolute atomic E-state index is 0.264. The standard InChI is InChI=1S/C21H17ClN2O3/c1-26-15-7-4-6-14(12-15)18-13-19(20-10-5-11-27-20)24(23-18)21(25)16-8-2-3-9-17(16)22/h2-12,19H,13H2,1H3. The van der Waals surface area contributed by atoms with Crippen LogP contribution in [0.5, 0.6) is 5.75 Å². The molecule has 1 amide bonds. The number of hydrogen-bond acceptors (Lipinski definition) is 4. The average Bonchev–Trinajstić information content (AvgIpc) is 3.37. The van der Waals surface area contributed by atoms with Gasteiger partial charge >= 0.3 is 0 Å². The van der Waals surface area contributed by atoms with Crippen molar-refractivity contribution >= 4 is 23.2 Å². The molecule has 0 saturated carbocycles. The van der Waals surface area contributed by atoms with Gasteiger partial charge in [-0.2, -0.15) is 5.10 Å². The average molecular weight is 381 g/mol. The predicted molar refractivity (Wildman–Crippen MR) is 103 cm³/mol. The molecular formula is C21H17ClN2O3. The van der Waals surface area contributed by atoms with E-state index in [1.54, 1.807) is 43.7 Å². The Kier molecular flexibility index (Phi) is 4.69. The highest BCUT2D eigenvalue weighted by Crippen LogP contribution is 2.35. The summed E-state index contributed by atoms with van der Waals surface area (Å²) in [5.41, 5.74) is 2.10. The molecule has 0 fully saturated rings. The summed E-state index contributed by atoms with van der Waals surface area (Å²) in [6.07, 6.45) is 2.13. The van der Waals surface area contributed by atoms with Gasteiger partial charge in [-0.3, -0.25) is 4.79 Å². The fourth-order valence-electron chi connectivity index (χ4n) is 3.14. The Morgan fingerprint density at radius 3 is 2.78 bits per heavy atom. The van der Waals surface area contributed by atoms with Crippen LogP contribution in [0.2, 0.25) is 5.02 Å². The first-order valence-electron chi connectivity index (χ1n) is 8.51. The van der Waals surface area contributed by atoms with Crippen molar-refractivity contribution in [2.75, 3.05) is 7.11 Å². The SMILES string of the molecule is COc1cccc(C2=NN(C(=O)c3ccccc3Cl)C(c3ccco3)C2)c1. The molecule has 0 saturated heterocycles. The summed E-state index contributed by atoms with van der Waals surface area (Å²) in [6, 6.07) is 17.9. The first-order valence-corrected chi connectivity index (χ1v) is 8.88. The van der Waals surface area contributed by atoms with Gasteiger partial charge in [0.05, 0.1) is 29.7 Å². The second kappa shape index (κ2) is 7.29. The van der Waals surface area contributed by atoms with Crippen LogP contribution in [0.15, 0.2) is 76.4 Å². The summed E-state index contributed by atoms with van der Waals surface area (Å²) in [6.45, 7) is 0. The molecule has 2 aromatic carbocycles. The summed E-state index contributed by atoms with van der Waals surface area (Å²) in [5, 5.41) is 6.46. The van der Waals surface area contributed by atoms with Gasteiger partial charge in [0.15, 0.2) is 0 Å². The number of ether oxygens (including phenoxy) is 1. The second-order valence-corrected chi connectivity index (χ2v) is 6.55. The second-order valence-electron chi connectivity index (χ2n) is 6.14. The number of carbonyl (C=O) groups excluding carboxylic acids is 1. The summed E-state index contributed by atoms with van der Waals surface area (Å²) in [5.74, 6) is 1.15. The van der Waals surface area contributed by atoms with E-state index in [1.165, 1.54) is 5.01 Å². The van der Waals surface area contributed by atoms with E-state index in [0.29, 0.717) is 22.8 Å². The largest absolute Gasteiger partial charge is 0.497 e. The Labute approximate surface area is 161 Å². The maximum absolute atomic E-state index is 13.1. The molecule has 6 heteroatoms. The highest BCUT2D eigenvalue weighted by atomic mass is 35.5. The monoisotopic (exact) mass is 380 g/mol. The summed E-state index contributed by atoms with van der Waals surface area (Å²) >= 11 is 6.23. The van der Waals surface area contributed by atoms with Crippen molar-refractivity contribution in [3.63, 3.8) is 0 Å². The molecule has 0 aliphatic carbocycles. The third kappa shape index (κ3) is 3.34. The lowest BCUT2D eigenvalue weighted by molar-refractivity contribution is 0.0693. The summed E-state index contributed by atoms with van der Waals surface area (Å²) in [7, 11) is 1.62. The Morgan fingerprint density at radius 1 is 1.19 bits per heavy atom. The van der Waals surface area contributed by atoms with Gasteiger partial charge in [0.1, 0.15) is 17.6 Å². The molecule has 27 heavy (non-hydrogen) atoms. The highest BCUT2D eigenvalue weighted by molar-refractivity contribution is 6.33. The topological polar surface area (TPSA) is 55.0 Å². The molecule has 4 rings (SSSR count). The van der Waals surface area contributed by atoms with Crippen molar-refractivity contribution in [2.45, 2.75) is 12.5 Å². The third-order valence-electron chi connectivity index (χ3n) is 4.50. The molecule has 0 N–H and O–H groups in total. The van der Waals surface area contributed by atoms with Crippen molar-refractivity contribution in [2.24, 2.45) is 5.10 Å². The van der Waals surface area contributed by atoms with E-state index in [0.717, 1.165) is 17.0 Å². The molecule has 1 aliphatic heterocycles. The van der Waals surface area contributed by atoms with Gasteiger partial charge in [-0.05, 0) is 36.4 Å². The number of methoxy groups -OCH3 is 1. The molecule has 3 aromatic rings. The molecule has 1 aromatic heterocycles. The van der Waals surface area contributed by atoms with Crippen molar-refractivity contribution in [3.05, 3.63) is 88.8 Å². The maximum atomic E-state index is 13.1. The van der Waals surface area contributed by atoms with Gasteiger partial charge in [0, 0.05) is 12.0 Å². The van der Waals surface area contributed by atoms with Crippen molar-refractivity contribution in [1.82, 2.24) is 5.01 Å². The molecule has 136 valence electrons. The van der Waals surface area contributed by atoms with Gasteiger partial charge in [-0.15, -0.1) is 0 Å². The molecule has 1 atom stereocenters. The van der Waals surface area contributed by atoms with E-state index in [9.17, 15) is 4.79 Å². The molecule has 1 aliphatic rings. The number of amides is 1. The normalized spacial score (nSPS) is 16.3. The van der Waals surface area contributed by atoms with Gasteiger partial charge in [0.25, 0.3) is 5.91 Å². The number of hydrogen-bond donors (Lipinski definition) is 0. The number of hydrazone groups is 1. The number of halogens is 1. The lowest BCUT2D eigenvalue weighted by Crippen LogP contribution is -2.27. The number of carbonyl (C=O) groups is 1. The molecule has 2 heterocycles. The van der Waals surface area contributed by atoms with Gasteiger partial charge < -0.3 is 9.15 Å². The van der Waals surface area contributed by atoms with Gasteiger partial charge in [-0.25, -0.2) is 5.01 Å². The van der Waals surface area contributed by atoms with Crippen LogP contribution in [-0.2, 0) is 0 Å². The predicted octanol–water partition coefficient (Wildman–Crippen LogP) is 4.93. The zero-order chi connectivity index (χ0) is 18.8. The maximum Gasteiger partial charge on any atom is 0.276 e. The Morgan fingerprint density at radius 2 is 2.04 bits per heavy atom. The zero-order valence-corrected chi connectivity index (χ0v) is 15.4. The van der Waals surface area contributed by atoms with E-state index in [-0.39, 0.29) is 11.9 Å². The fourth-order valence-corrected chi connectivity index (χ4v) is 3.35. The number of benzene rings is 2. The number of rotatable bonds is 4. The highest BCUT2D eigenvalue weighted by Gasteiger charge is 2.36. The molecular weight excluding hydrogens is 364 g/mol.